The van der Waals surface area contributed by atoms with Crippen molar-refractivity contribution in [1.82, 2.24) is 15.2 Å². The number of anilines is 1. The van der Waals surface area contributed by atoms with Crippen LogP contribution in [0, 0.1) is 11.3 Å². The molecule has 1 heterocycles. The summed E-state index contributed by atoms with van der Waals surface area (Å²) >= 11 is 1.32. The zero-order valence-electron chi connectivity index (χ0n) is 13.2. The van der Waals surface area contributed by atoms with Crippen LogP contribution in [0.15, 0.2) is 35.5 Å². The number of H-pyrrole nitrogens is 1. The van der Waals surface area contributed by atoms with Crippen LogP contribution in [-0.4, -0.2) is 32.9 Å². The third-order valence-electron chi connectivity index (χ3n) is 3.26. The summed E-state index contributed by atoms with van der Waals surface area (Å²) < 4.78 is 0. The van der Waals surface area contributed by atoms with E-state index in [4.69, 9.17) is 5.26 Å². The Hall–Kier alpha value is -2.33. The van der Waals surface area contributed by atoms with Gasteiger partial charge in [-0.2, -0.15) is 5.26 Å². The van der Waals surface area contributed by atoms with Crippen molar-refractivity contribution in [2.45, 2.75) is 37.1 Å². The van der Waals surface area contributed by atoms with E-state index < -0.39 is 0 Å². The van der Waals surface area contributed by atoms with Crippen LogP contribution >= 0.6 is 11.8 Å². The number of hydrogen-bond donors (Lipinski definition) is 1. The summed E-state index contributed by atoms with van der Waals surface area (Å²) in [7, 11) is 0. The fourth-order valence-electron chi connectivity index (χ4n) is 2.05. The number of carbonyl (C=O) groups excluding carboxylic acids is 1. The average Bonchev–Trinajstić information content (AvgIpc) is 3.03. The highest BCUT2D eigenvalue weighted by Crippen LogP contribution is 2.24. The normalized spacial score (nSPS) is 11.7. The number of para-hydroxylation sites is 1. The van der Waals surface area contributed by atoms with Gasteiger partial charge in [-0.1, -0.05) is 36.9 Å². The minimum Gasteiger partial charge on any atom is -0.310 e. The van der Waals surface area contributed by atoms with Crippen molar-refractivity contribution in [1.29, 1.82) is 5.26 Å². The first-order valence-corrected chi connectivity index (χ1v) is 8.35. The van der Waals surface area contributed by atoms with E-state index in [1.165, 1.54) is 11.8 Å². The molecular weight excluding hydrogens is 310 g/mol. The Labute approximate surface area is 139 Å². The summed E-state index contributed by atoms with van der Waals surface area (Å²) in [6, 6.07) is 11.5. The van der Waals surface area contributed by atoms with Crippen LogP contribution in [0.2, 0.25) is 0 Å². The summed E-state index contributed by atoms with van der Waals surface area (Å²) in [4.78, 5) is 18.7. The van der Waals surface area contributed by atoms with Crippen LogP contribution in [0.25, 0.3) is 0 Å². The predicted molar refractivity (Wildman–Crippen MR) is 90.1 cm³/mol. The average molecular weight is 329 g/mol. The number of nitrogens with one attached hydrogen (secondary N) is 1. The van der Waals surface area contributed by atoms with Crippen molar-refractivity contribution in [3.05, 3.63) is 36.2 Å². The molecule has 1 N–H and O–H groups in total. The fourth-order valence-corrected chi connectivity index (χ4v) is 2.86. The summed E-state index contributed by atoms with van der Waals surface area (Å²) in [5, 5.41) is 16.0. The smallest absolute Gasteiger partial charge is 0.240 e. The van der Waals surface area contributed by atoms with Gasteiger partial charge < -0.3 is 4.90 Å². The molecule has 7 heteroatoms. The van der Waals surface area contributed by atoms with Crippen LogP contribution in [0.1, 0.15) is 26.1 Å². The molecule has 1 amide bonds. The summed E-state index contributed by atoms with van der Waals surface area (Å²) in [5.41, 5.74) is 0.796. The second kappa shape index (κ2) is 8.34. The lowest BCUT2D eigenvalue weighted by atomic mass is 10.2. The first kappa shape index (κ1) is 17.0. The van der Waals surface area contributed by atoms with Crippen molar-refractivity contribution < 1.29 is 4.79 Å². The number of aryl methyl sites for hydroxylation is 1. The predicted octanol–water partition coefficient (Wildman–Crippen LogP) is 2.79. The Morgan fingerprint density at radius 3 is 2.78 bits per heavy atom. The topological polar surface area (TPSA) is 85.7 Å². The van der Waals surface area contributed by atoms with Gasteiger partial charge in [0.15, 0.2) is 0 Å². The first-order chi connectivity index (χ1) is 11.2. The van der Waals surface area contributed by atoms with Gasteiger partial charge in [0.1, 0.15) is 5.82 Å². The largest absolute Gasteiger partial charge is 0.310 e. The molecular formula is C16H19N5OS. The Kier molecular flexibility index (Phi) is 6.18. The lowest BCUT2D eigenvalue weighted by Gasteiger charge is -2.24. The van der Waals surface area contributed by atoms with Gasteiger partial charge in [-0.3, -0.25) is 9.89 Å². The minimum atomic E-state index is -0.339. The zero-order chi connectivity index (χ0) is 16.7. The van der Waals surface area contributed by atoms with E-state index in [1.807, 2.05) is 44.2 Å². The van der Waals surface area contributed by atoms with Crippen LogP contribution < -0.4 is 4.90 Å². The standard InChI is InChI=1S/C16H19N5OS/c1-3-14-18-16(20-19-14)23-12(2)15(22)21(11-7-10-17)13-8-5-4-6-9-13/h4-6,8-9,12H,3,7,11H2,1-2H3,(H,18,19,20). The number of carbonyl (C=O) groups is 1. The highest BCUT2D eigenvalue weighted by Gasteiger charge is 2.24. The van der Waals surface area contributed by atoms with Gasteiger partial charge in [-0.25, -0.2) is 4.98 Å². The number of rotatable bonds is 7. The molecule has 0 radical (unpaired) electrons. The van der Waals surface area contributed by atoms with Crippen LogP contribution in [0.3, 0.4) is 0 Å². The molecule has 1 aromatic carbocycles. The van der Waals surface area contributed by atoms with Crippen molar-refractivity contribution in [3.63, 3.8) is 0 Å². The van der Waals surface area contributed by atoms with Gasteiger partial charge >= 0.3 is 0 Å². The molecule has 0 spiro atoms. The number of nitrogens with zero attached hydrogens (tertiary/aromatic N) is 4. The molecule has 0 aliphatic heterocycles. The van der Waals surface area contributed by atoms with Crippen LogP contribution in [-0.2, 0) is 11.2 Å². The van der Waals surface area contributed by atoms with Gasteiger partial charge in [0.2, 0.25) is 11.1 Å². The Morgan fingerprint density at radius 2 is 2.17 bits per heavy atom. The Bertz CT molecular complexity index is 679. The molecule has 0 saturated heterocycles. The van der Waals surface area contributed by atoms with Crippen molar-refractivity contribution in [3.8, 4) is 6.07 Å². The fraction of sp³-hybridized carbons (Fsp3) is 0.375. The van der Waals surface area contributed by atoms with Crippen LogP contribution in [0.5, 0.6) is 0 Å². The molecule has 0 aliphatic carbocycles. The molecule has 0 bridgehead atoms. The highest BCUT2D eigenvalue weighted by molar-refractivity contribution is 8.00. The molecule has 1 unspecified atom stereocenters. The molecule has 0 saturated carbocycles. The summed E-state index contributed by atoms with van der Waals surface area (Å²) in [6.45, 7) is 4.19. The van der Waals surface area contributed by atoms with Gasteiger partial charge in [-0.05, 0) is 19.1 Å². The zero-order valence-corrected chi connectivity index (χ0v) is 14.0. The number of aromatic amines is 1. The monoisotopic (exact) mass is 329 g/mol. The third-order valence-corrected chi connectivity index (χ3v) is 4.21. The number of hydrogen-bond acceptors (Lipinski definition) is 5. The van der Waals surface area contributed by atoms with E-state index >= 15 is 0 Å². The second-order valence-electron chi connectivity index (χ2n) is 4.91. The van der Waals surface area contributed by atoms with Crippen molar-refractivity contribution in [2.24, 2.45) is 0 Å². The van der Waals surface area contributed by atoms with E-state index in [-0.39, 0.29) is 11.2 Å². The third kappa shape index (κ3) is 4.57. The van der Waals surface area contributed by atoms with Gasteiger partial charge in [-0.15, -0.1) is 5.10 Å². The second-order valence-corrected chi connectivity index (χ2v) is 6.22. The molecule has 2 rings (SSSR count). The summed E-state index contributed by atoms with van der Waals surface area (Å²) in [6.07, 6.45) is 1.06. The maximum Gasteiger partial charge on any atom is 0.240 e. The Morgan fingerprint density at radius 1 is 1.43 bits per heavy atom. The van der Waals surface area contributed by atoms with E-state index in [1.54, 1.807) is 4.90 Å². The molecule has 23 heavy (non-hydrogen) atoms. The molecule has 6 nitrogen and oxygen atoms in total. The number of amides is 1. The maximum atomic E-state index is 12.8. The maximum absolute atomic E-state index is 12.8. The Balaban J connectivity index is 2.11. The van der Waals surface area contributed by atoms with Gasteiger partial charge in [0.25, 0.3) is 0 Å². The number of nitriles is 1. The SMILES string of the molecule is CCc1nc(SC(C)C(=O)N(CCC#N)c2ccccc2)n[nH]1. The van der Waals surface area contributed by atoms with Crippen molar-refractivity contribution in [2.75, 3.05) is 11.4 Å². The molecule has 2 aromatic rings. The van der Waals surface area contributed by atoms with Crippen LogP contribution in [0.4, 0.5) is 5.69 Å². The number of benzene rings is 1. The molecule has 0 fully saturated rings. The minimum absolute atomic E-state index is 0.0562. The van der Waals surface area contributed by atoms with E-state index in [9.17, 15) is 4.79 Å². The van der Waals surface area contributed by atoms with E-state index in [0.717, 1.165) is 17.9 Å². The molecule has 1 aromatic heterocycles. The van der Waals surface area contributed by atoms with Crippen molar-refractivity contribution >= 4 is 23.4 Å². The summed E-state index contributed by atoms with van der Waals surface area (Å²) in [5.74, 6) is 0.746. The van der Waals surface area contributed by atoms with E-state index in [2.05, 4.69) is 21.3 Å². The molecule has 120 valence electrons. The number of thioether (sulfide) groups is 1. The van der Waals surface area contributed by atoms with Gasteiger partial charge in [0.05, 0.1) is 17.7 Å². The lowest BCUT2D eigenvalue weighted by molar-refractivity contribution is -0.117. The molecule has 0 aliphatic rings. The van der Waals surface area contributed by atoms with Gasteiger partial charge in [0, 0.05) is 18.7 Å². The first-order valence-electron chi connectivity index (χ1n) is 7.47. The number of aromatic nitrogens is 3. The van der Waals surface area contributed by atoms with E-state index in [0.29, 0.717) is 18.1 Å². The highest BCUT2D eigenvalue weighted by atomic mass is 32.2. The lowest BCUT2D eigenvalue weighted by Crippen LogP contribution is -2.37. The molecule has 1 atom stereocenters. The quantitative estimate of drug-likeness (QED) is 0.789.